The zero-order valence-electron chi connectivity index (χ0n) is 9.63. The second-order valence-corrected chi connectivity index (χ2v) is 5.57. The highest BCUT2D eigenvalue weighted by Crippen LogP contribution is 2.50. The van der Waals surface area contributed by atoms with Gasteiger partial charge in [-0.05, 0) is 57.0 Å². The molecule has 0 amide bonds. The van der Waals surface area contributed by atoms with Crippen molar-refractivity contribution in [2.75, 3.05) is 19.6 Å². The quantitative estimate of drug-likeness (QED) is 0.746. The molecule has 2 fully saturated rings. The van der Waals surface area contributed by atoms with Crippen LogP contribution in [0.1, 0.15) is 39.5 Å². The molecule has 2 rings (SSSR count). The van der Waals surface area contributed by atoms with Gasteiger partial charge in [0.15, 0.2) is 0 Å². The summed E-state index contributed by atoms with van der Waals surface area (Å²) < 4.78 is 0. The predicted octanol–water partition coefficient (Wildman–Crippen LogP) is 1.85. The second-order valence-electron chi connectivity index (χ2n) is 5.57. The molecule has 0 aromatic carbocycles. The van der Waals surface area contributed by atoms with E-state index in [-0.39, 0.29) is 0 Å². The highest BCUT2D eigenvalue weighted by molar-refractivity contribution is 4.98. The Bertz CT molecular complexity index is 198. The van der Waals surface area contributed by atoms with Gasteiger partial charge in [-0.25, -0.2) is 0 Å². The molecule has 82 valence electrons. The van der Waals surface area contributed by atoms with Crippen LogP contribution in [0.2, 0.25) is 0 Å². The Balaban J connectivity index is 1.90. The lowest BCUT2D eigenvalue weighted by molar-refractivity contribution is 0.0955. The number of nitrogens with zero attached hydrogens (tertiary/aromatic N) is 1. The van der Waals surface area contributed by atoms with Crippen LogP contribution in [0.25, 0.3) is 0 Å². The van der Waals surface area contributed by atoms with Crippen molar-refractivity contribution in [3.8, 4) is 0 Å². The molecule has 2 atom stereocenters. The average molecular weight is 196 g/mol. The summed E-state index contributed by atoms with van der Waals surface area (Å²) in [6.45, 7) is 8.26. The fraction of sp³-hybridized carbons (Fsp3) is 1.00. The number of likely N-dealkylation sites (tertiary alicyclic amines) is 1. The van der Waals surface area contributed by atoms with E-state index < -0.39 is 0 Å². The van der Waals surface area contributed by atoms with E-state index >= 15 is 0 Å². The molecule has 2 nitrogen and oxygen atoms in total. The van der Waals surface area contributed by atoms with Gasteiger partial charge in [-0.3, -0.25) is 4.90 Å². The molecule has 1 saturated carbocycles. The Morgan fingerprint density at radius 3 is 2.79 bits per heavy atom. The minimum atomic E-state index is 0.635. The maximum Gasteiger partial charge on any atom is 0.0121 e. The molecule has 1 heterocycles. The first-order valence-corrected chi connectivity index (χ1v) is 6.10. The first kappa shape index (κ1) is 10.4. The van der Waals surface area contributed by atoms with Gasteiger partial charge in [-0.15, -0.1) is 0 Å². The van der Waals surface area contributed by atoms with Crippen molar-refractivity contribution < 1.29 is 0 Å². The van der Waals surface area contributed by atoms with Crippen LogP contribution in [-0.4, -0.2) is 30.6 Å². The molecular formula is C12H24N2. The minimum absolute atomic E-state index is 0.635. The van der Waals surface area contributed by atoms with Gasteiger partial charge in [0.2, 0.25) is 0 Å². The fourth-order valence-electron chi connectivity index (χ4n) is 2.70. The lowest BCUT2D eigenvalue weighted by Gasteiger charge is -2.39. The van der Waals surface area contributed by atoms with E-state index in [1.807, 2.05) is 0 Å². The van der Waals surface area contributed by atoms with Crippen molar-refractivity contribution >= 4 is 0 Å². The summed E-state index contributed by atoms with van der Waals surface area (Å²) in [6, 6.07) is 0.775. The summed E-state index contributed by atoms with van der Waals surface area (Å²) in [5.41, 5.74) is 6.40. The lowest BCUT2D eigenvalue weighted by Crippen LogP contribution is -2.46. The van der Waals surface area contributed by atoms with Gasteiger partial charge in [0.25, 0.3) is 0 Å². The maximum absolute atomic E-state index is 5.76. The van der Waals surface area contributed by atoms with Gasteiger partial charge >= 0.3 is 0 Å². The highest BCUT2D eigenvalue weighted by Gasteiger charge is 2.45. The third-order valence-electron chi connectivity index (χ3n) is 4.48. The average Bonchev–Trinajstić information content (AvgIpc) is 2.97. The smallest absolute Gasteiger partial charge is 0.0121 e. The summed E-state index contributed by atoms with van der Waals surface area (Å²) in [5.74, 6) is 0.758. The van der Waals surface area contributed by atoms with Crippen molar-refractivity contribution in [2.45, 2.75) is 45.6 Å². The van der Waals surface area contributed by atoms with E-state index in [0.29, 0.717) is 5.41 Å². The van der Waals surface area contributed by atoms with E-state index in [1.54, 1.807) is 0 Å². The van der Waals surface area contributed by atoms with E-state index in [9.17, 15) is 0 Å². The van der Waals surface area contributed by atoms with Crippen molar-refractivity contribution in [3.05, 3.63) is 0 Å². The molecule has 2 aliphatic rings. The van der Waals surface area contributed by atoms with E-state index in [0.717, 1.165) is 18.5 Å². The van der Waals surface area contributed by atoms with Crippen molar-refractivity contribution in [1.82, 2.24) is 4.90 Å². The second kappa shape index (κ2) is 3.82. The zero-order valence-corrected chi connectivity index (χ0v) is 9.63. The number of rotatable bonds is 3. The Hall–Kier alpha value is -0.0800. The third-order valence-corrected chi connectivity index (χ3v) is 4.48. The summed E-state index contributed by atoms with van der Waals surface area (Å²) >= 11 is 0. The molecule has 0 aromatic rings. The van der Waals surface area contributed by atoms with Crippen LogP contribution in [0.4, 0.5) is 0 Å². The monoisotopic (exact) mass is 196 g/mol. The molecule has 0 aromatic heterocycles. The Kier molecular flexibility index (Phi) is 2.85. The lowest BCUT2D eigenvalue weighted by atomic mass is 9.92. The summed E-state index contributed by atoms with van der Waals surface area (Å²) in [4.78, 5) is 2.67. The van der Waals surface area contributed by atoms with Crippen LogP contribution in [0.5, 0.6) is 0 Å². The largest absolute Gasteiger partial charge is 0.330 e. The normalized spacial score (nSPS) is 34.1. The molecule has 2 unspecified atom stereocenters. The summed E-state index contributed by atoms with van der Waals surface area (Å²) in [5, 5.41) is 0. The molecule has 14 heavy (non-hydrogen) atoms. The summed E-state index contributed by atoms with van der Waals surface area (Å²) in [6.07, 6.45) is 5.55. The number of hydrogen-bond donors (Lipinski definition) is 1. The predicted molar refractivity (Wildman–Crippen MR) is 60.2 cm³/mol. The topological polar surface area (TPSA) is 29.3 Å². The highest BCUT2D eigenvalue weighted by atomic mass is 15.2. The van der Waals surface area contributed by atoms with E-state index in [2.05, 4.69) is 18.7 Å². The van der Waals surface area contributed by atoms with Crippen molar-refractivity contribution in [1.29, 1.82) is 0 Å². The standard InChI is InChI=1S/C12H24N2/c1-10(12(2)5-6-12)14-7-3-4-11(8-13)9-14/h10-11H,3-9,13H2,1-2H3. The Labute approximate surface area is 87.8 Å². The third kappa shape index (κ3) is 1.96. The first-order valence-electron chi connectivity index (χ1n) is 6.10. The van der Waals surface area contributed by atoms with Gasteiger partial charge in [0, 0.05) is 12.6 Å². The molecule has 0 radical (unpaired) electrons. The molecule has 2 N–H and O–H groups in total. The van der Waals surface area contributed by atoms with Crippen LogP contribution in [0.15, 0.2) is 0 Å². The maximum atomic E-state index is 5.76. The van der Waals surface area contributed by atoms with Crippen molar-refractivity contribution in [2.24, 2.45) is 17.1 Å². The van der Waals surface area contributed by atoms with Crippen molar-refractivity contribution in [3.63, 3.8) is 0 Å². The van der Waals surface area contributed by atoms with E-state index in [1.165, 1.54) is 38.8 Å². The molecule has 1 saturated heterocycles. The van der Waals surface area contributed by atoms with Crippen LogP contribution in [0, 0.1) is 11.3 Å². The molecule has 2 heteroatoms. The van der Waals surface area contributed by atoms with Gasteiger partial charge in [-0.2, -0.15) is 0 Å². The van der Waals surface area contributed by atoms with E-state index in [4.69, 9.17) is 5.73 Å². The SMILES string of the molecule is CC(N1CCCC(CN)C1)C1(C)CC1. The number of nitrogens with two attached hydrogens (primary N) is 1. The molecular weight excluding hydrogens is 172 g/mol. The minimum Gasteiger partial charge on any atom is -0.330 e. The molecule has 0 spiro atoms. The van der Waals surface area contributed by atoms with Crippen LogP contribution < -0.4 is 5.73 Å². The fourth-order valence-corrected chi connectivity index (χ4v) is 2.70. The molecule has 1 aliphatic carbocycles. The van der Waals surface area contributed by atoms with Crippen LogP contribution in [0.3, 0.4) is 0 Å². The van der Waals surface area contributed by atoms with Gasteiger partial charge in [0.1, 0.15) is 0 Å². The Morgan fingerprint density at radius 2 is 2.21 bits per heavy atom. The van der Waals surface area contributed by atoms with Gasteiger partial charge in [0.05, 0.1) is 0 Å². The summed E-state index contributed by atoms with van der Waals surface area (Å²) in [7, 11) is 0. The zero-order chi connectivity index (χ0) is 10.2. The Morgan fingerprint density at radius 1 is 1.50 bits per heavy atom. The van der Waals surface area contributed by atoms with Crippen LogP contribution >= 0.6 is 0 Å². The number of piperidine rings is 1. The van der Waals surface area contributed by atoms with Gasteiger partial charge < -0.3 is 5.73 Å². The van der Waals surface area contributed by atoms with Crippen LogP contribution in [-0.2, 0) is 0 Å². The van der Waals surface area contributed by atoms with Gasteiger partial charge in [-0.1, -0.05) is 6.92 Å². The molecule has 1 aliphatic heterocycles. The molecule has 0 bridgehead atoms. The first-order chi connectivity index (χ1) is 6.65. The number of hydrogen-bond acceptors (Lipinski definition) is 2.